The van der Waals surface area contributed by atoms with Crippen molar-refractivity contribution < 1.29 is 4.79 Å². The fraction of sp³-hybridized carbons (Fsp3) is 0.360. The first-order valence-corrected chi connectivity index (χ1v) is 9.91. The van der Waals surface area contributed by atoms with Crippen LogP contribution in [-0.4, -0.2) is 11.5 Å². The number of Topliss-reactive ketones (excluding diaryl/α,β-unsaturated/α-hetero) is 1. The van der Waals surface area contributed by atoms with Crippen molar-refractivity contribution in [3.63, 3.8) is 0 Å². The Bertz CT molecular complexity index is 848. The normalized spacial score (nSPS) is 12.9. The van der Waals surface area contributed by atoms with Gasteiger partial charge in [-0.3, -0.25) is 9.79 Å². The van der Waals surface area contributed by atoms with Gasteiger partial charge in [0.25, 0.3) is 0 Å². The van der Waals surface area contributed by atoms with Crippen LogP contribution in [0.1, 0.15) is 56.7 Å². The second-order valence-corrected chi connectivity index (χ2v) is 8.01. The summed E-state index contributed by atoms with van der Waals surface area (Å²) < 4.78 is 0. The molecule has 0 saturated heterocycles. The number of hydrogen-bond acceptors (Lipinski definition) is 3. The number of benzene rings is 2. The third kappa shape index (κ3) is 6.49. The monoisotopic (exact) mass is 376 g/mol. The molecule has 0 bridgehead atoms. The summed E-state index contributed by atoms with van der Waals surface area (Å²) in [6.45, 7) is 8.37. The number of carbonyl (C=O) groups is 1. The van der Waals surface area contributed by atoms with Gasteiger partial charge in [0.15, 0.2) is 0 Å². The number of rotatable bonds is 9. The van der Waals surface area contributed by atoms with Crippen LogP contribution in [0, 0.1) is 12.3 Å². The summed E-state index contributed by atoms with van der Waals surface area (Å²) in [5, 5.41) is 0. The largest absolute Gasteiger partial charge is 0.402 e. The van der Waals surface area contributed by atoms with E-state index in [2.05, 4.69) is 31.2 Å². The van der Waals surface area contributed by atoms with E-state index in [4.69, 9.17) is 10.7 Å². The fourth-order valence-corrected chi connectivity index (χ4v) is 2.95. The van der Waals surface area contributed by atoms with E-state index in [1.165, 1.54) is 11.1 Å². The molecule has 2 aromatic rings. The van der Waals surface area contributed by atoms with Gasteiger partial charge in [0.1, 0.15) is 5.78 Å². The maximum absolute atomic E-state index is 11.7. The van der Waals surface area contributed by atoms with Crippen molar-refractivity contribution in [3.8, 4) is 0 Å². The standard InChI is InChI=1S/C25H32N2O/c1-19-11-8-9-14-22(19)18-27-24(21-12-6-5-7-13-21)17-23(26)15-10-16-25(3,4)20(2)28/h5-9,11-14,17H,10,15-16,18,26H2,1-4H3. The molecule has 2 aromatic carbocycles. The third-order valence-corrected chi connectivity index (χ3v) is 5.29. The van der Waals surface area contributed by atoms with Crippen molar-refractivity contribution >= 4 is 11.5 Å². The van der Waals surface area contributed by atoms with E-state index in [0.717, 1.165) is 36.2 Å². The van der Waals surface area contributed by atoms with Crippen LogP contribution in [0.4, 0.5) is 0 Å². The Labute approximate surface area is 169 Å². The Balaban J connectivity index is 2.15. The number of hydrogen-bond donors (Lipinski definition) is 1. The fourth-order valence-electron chi connectivity index (χ4n) is 2.95. The van der Waals surface area contributed by atoms with Gasteiger partial charge in [-0.25, -0.2) is 0 Å². The molecule has 0 aliphatic heterocycles. The molecular weight excluding hydrogens is 344 g/mol. The molecule has 148 valence electrons. The number of allylic oxidation sites excluding steroid dienone is 2. The molecule has 3 heteroatoms. The molecule has 0 saturated carbocycles. The van der Waals surface area contributed by atoms with E-state index < -0.39 is 0 Å². The summed E-state index contributed by atoms with van der Waals surface area (Å²) in [5.74, 6) is 0.222. The number of aliphatic imine (C=N–C) groups is 1. The van der Waals surface area contributed by atoms with Crippen LogP contribution in [0.15, 0.2) is 71.4 Å². The van der Waals surface area contributed by atoms with Crippen molar-refractivity contribution in [2.24, 2.45) is 16.1 Å². The second-order valence-electron chi connectivity index (χ2n) is 8.01. The number of aryl methyl sites for hydroxylation is 1. The van der Waals surface area contributed by atoms with E-state index in [1.807, 2.05) is 50.3 Å². The summed E-state index contributed by atoms with van der Waals surface area (Å²) in [5.41, 5.74) is 11.2. The van der Waals surface area contributed by atoms with Gasteiger partial charge < -0.3 is 5.73 Å². The number of carbonyl (C=O) groups excluding carboxylic acids is 1. The smallest absolute Gasteiger partial charge is 0.135 e. The van der Waals surface area contributed by atoms with Crippen molar-refractivity contribution in [2.75, 3.05) is 0 Å². The molecule has 0 aliphatic rings. The quantitative estimate of drug-likeness (QED) is 0.578. The van der Waals surface area contributed by atoms with Crippen LogP contribution in [-0.2, 0) is 11.3 Å². The van der Waals surface area contributed by atoms with Crippen molar-refractivity contribution in [1.82, 2.24) is 0 Å². The van der Waals surface area contributed by atoms with Gasteiger partial charge in [0.05, 0.1) is 12.3 Å². The van der Waals surface area contributed by atoms with Crippen LogP contribution >= 0.6 is 0 Å². The lowest BCUT2D eigenvalue weighted by molar-refractivity contribution is -0.125. The lowest BCUT2D eigenvalue weighted by Gasteiger charge is -2.20. The minimum absolute atomic E-state index is 0.222. The predicted octanol–water partition coefficient (Wildman–Crippen LogP) is 5.61. The van der Waals surface area contributed by atoms with Crippen molar-refractivity contribution in [3.05, 3.63) is 83.1 Å². The van der Waals surface area contributed by atoms with Gasteiger partial charge in [0.2, 0.25) is 0 Å². The lowest BCUT2D eigenvalue weighted by Crippen LogP contribution is -2.21. The average molecular weight is 377 g/mol. The highest BCUT2D eigenvalue weighted by Crippen LogP contribution is 2.25. The molecule has 0 fully saturated rings. The Morgan fingerprint density at radius 1 is 1.07 bits per heavy atom. The van der Waals surface area contributed by atoms with E-state index >= 15 is 0 Å². The Kier molecular flexibility index (Phi) is 7.74. The number of nitrogens with two attached hydrogens (primary N) is 1. The van der Waals surface area contributed by atoms with Crippen molar-refractivity contribution in [1.29, 1.82) is 0 Å². The minimum Gasteiger partial charge on any atom is -0.402 e. The molecule has 0 radical (unpaired) electrons. The first-order valence-electron chi connectivity index (χ1n) is 9.91. The first kappa shape index (κ1) is 21.6. The summed E-state index contributed by atoms with van der Waals surface area (Å²) in [7, 11) is 0. The maximum Gasteiger partial charge on any atom is 0.135 e. The molecule has 0 heterocycles. The zero-order valence-electron chi connectivity index (χ0n) is 17.5. The number of nitrogens with zero attached hydrogens (tertiary/aromatic N) is 1. The van der Waals surface area contributed by atoms with Crippen LogP contribution < -0.4 is 5.73 Å². The molecular formula is C25H32N2O. The lowest BCUT2D eigenvalue weighted by atomic mass is 9.83. The Hall–Kier alpha value is -2.68. The van der Waals surface area contributed by atoms with E-state index in [9.17, 15) is 4.79 Å². The van der Waals surface area contributed by atoms with Crippen LogP contribution in [0.25, 0.3) is 0 Å². The summed E-state index contributed by atoms with van der Waals surface area (Å²) in [6.07, 6.45) is 4.45. The van der Waals surface area contributed by atoms with Crippen molar-refractivity contribution in [2.45, 2.75) is 53.5 Å². The highest BCUT2D eigenvalue weighted by molar-refractivity contribution is 6.09. The molecule has 28 heavy (non-hydrogen) atoms. The van der Waals surface area contributed by atoms with Gasteiger partial charge in [0, 0.05) is 11.1 Å². The van der Waals surface area contributed by atoms with E-state index in [1.54, 1.807) is 6.92 Å². The third-order valence-electron chi connectivity index (χ3n) is 5.29. The Morgan fingerprint density at radius 2 is 1.71 bits per heavy atom. The first-order chi connectivity index (χ1) is 13.3. The topological polar surface area (TPSA) is 55.5 Å². The SMILES string of the molecule is CC(=O)C(C)(C)CCCC(N)=CC(=NCc1ccccc1C)c1ccccc1. The molecule has 0 amide bonds. The van der Waals surface area contributed by atoms with E-state index in [-0.39, 0.29) is 11.2 Å². The number of ketones is 1. The predicted molar refractivity (Wildman–Crippen MR) is 118 cm³/mol. The molecule has 0 atom stereocenters. The van der Waals surface area contributed by atoms with Gasteiger partial charge in [-0.2, -0.15) is 0 Å². The molecule has 2 rings (SSSR count). The molecule has 0 spiro atoms. The maximum atomic E-state index is 11.7. The van der Waals surface area contributed by atoms with Gasteiger partial charge in [-0.15, -0.1) is 0 Å². The minimum atomic E-state index is -0.290. The van der Waals surface area contributed by atoms with Crippen LogP contribution in [0.2, 0.25) is 0 Å². The van der Waals surface area contributed by atoms with Gasteiger partial charge >= 0.3 is 0 Å². The molecule has 0 aromatic heterocycles. The summed E-state index contributed by atoms with van der Waals surface area (Å²) in [4.78, 5) is 16.5. The summed E-state index contributed by atoms with van der Waals surface area (Å²) >= 11 is 0. The van der Waals surface area contributed by atoms with Crippen LogP contribution in [0.5, 0.6) is 0 Å². The van der Waals surface area contributed by atoms with Gasteiger partial charge in [-0.05, 0) is 55.9 Å². The molecule has 0 aliphatic carbocycles. The molecule has 2 N–H and O–H groups in total. The van der Waals surface area contributed by atoms with Crippen LogP contribution in [0.3, 0.4) is 0 Å². The highest BCUT2D eigenvalue weighted by atomic mass is 16.1. The zero-order chi connectivity index (χ0) is 20.6. The summed E-state index contributed by atoms with van der Waals surface area (Å²) in [6, 6.07) is 18.4. The molecule has 3 nitrogen and oxygen atoms in total. The second kappa shape index (κ2) is 10.0. The van der Waals surface area contributed by atoms with Gasteiger partial charge in [-0.1, -0.05) is 68.4 Å². The van der Waals surface area contributed by atoms with E-state index in [0.29, 0.717) is 6.54 Å². The zero-order valence-corrected chi connectivity index (χ0v) is 17.5. The Morgan fingerprint density at radius 3 is 2.36 bits per heavy atom. The highest BCUT2D eigenvalue weighted by Gasteiger charge is 2.22. The molecule has 0 unspecified atom stereocenters. The average Bonchev–Trinajstić information content (AvgIpc) is 2.66.